The van der Waals surface area contributed by atoms with Gasteiger partial charge in [0, 0.05) is 34.4 Å². The lowest BCUT2D eigenvalue weighted by Gasteiger charge is -2.15. The van der Waals surface area contributed by atoms with Crippen LogP contribution in [0.2, 0.25) is 5.02 Å². The van der Waals surface area contributed by atoms with E-state index >= 15 is 0 Å². The average Bonchev–Trinajstić information content (AvgIpc) is 2.97. The molecule has 0 bridgehead atoms. The summed E-state index contributed by atoms with van der Waals surface area (Å²) in [5, 5.41) is 18.2. The van der Waals surface area contributed by atoms with Crippen molar-refractivity contribution >= 4 is 11.6 Å². The van der Waals surface area contributed by atoms with Gasteiger partial charge in [0.1, 0.15) is 11.6 Å². The molecule has 0 amide bonds. The van der Waals surface area contributed by atoms with Crippen LogP contribution in [0, 0.1) is 12.7 Å². The summed E-state index contributed by atoms with van der Waals surface area (Å²) < 4.78 is 15.2. The summed E-state index contributed by atoms with van der Waals surface area (Å²) in [5.41, 5.74) is 3.35. The molecule has 0 fully saturated rings. The topological polar surface area (TPSA) is 50.1 Å². The van der Waals surface area contributed by atoms with Crippen molar-refractivity contribution in [3.05, 3.63) is 76.3 Å². The first-order valence-corrected chi connectivity index (χ1v) is 8.34. The third kappa shape index (κ3) is 3.83. The van der Waals surface area contributed by atoms with Gasteiger partial charge < -0.3 is 10.4 Å². The molecule has 1 heterocycles. The molecule has 3 rings (SSSR count). The third-order valence-corrected chi connectivity index (χ3v) is 4.44. The first-order chi connectivity index (χ1) is 12.0. The molecule has 3 aromatic rings. The molecule has 6 heteroatoms. The summed E-state index contributed by atoms with van der Waals surface area (Å²) >= 11 is 5.98. The number of rotatable bonds is 5. The van der Waals surface area contributed by atoms with Crippen molar-refractivity contribution in [2.45, 2.75) is 26.4 Å². The van der Waals surface area contributed by atoms with Gasteiger partial charge in [-0.2, -0.15) is 5.10 Å². The Morgan fingerprint density at radius 1 is 1.28 bits per heavy atom. The SMILES string of the molecule is Cc1c([C@H](C)NCc2cc(Cl)ccc2O)cnn1-c1cccc(F)c1. The van der Waals surface area contributed by atoms with Crippen LogP contribution in [0.1, 0.15) is 29.8 Å². The molecule has 4 nitrogen and oxygen atoms in total. The van der Waals surface area contributed by atoms with Crippen LogP contribution in [-0.4, -0.2) is 14.9 Å². The normalized spacial score (nSPS) is 12.3. The monoisotopic (exact) mass is 359 g/mol. The predicted octanol–water partition coefficient (Wildman–Crippen LogP) is 4.53. The fourth-order valence-corrected chi connectivity index (χ4v) is 2.98. The van der Waals surface area contributed by atoms with E-state index in [2.05, 4.69) is 10.4 Å². The van der Waals surface area contributed by atoms with Gasteiger partial charge in [0.2, 0.25) is 0 Å². The van der Waals surface area contributed by atoms with Crippen molar-refractivity contribution in [3.8, 4) is 11.4 Å². The minimum absolute atomic E-state index is 0.000640. The largest absolute Gasteiger partial charge is 0.508 e. The molecular weight excluding hydrogens is 341 g/mol. The van der Waals surface area contributed by atoms with E-state index in [1.54, 1.807) is 35.1 Å². The van der Waals surface area contributed by atoms with E-state index in [9.17, 15) is 9.50 Å². The fourth-order valence-electron chi connectivity index (χ4n) is 2.78. The van der Waals surface area contributed by atoms with Gasteiger partial charge in [-0.3, -0.25) is 0 Å². The van der Waals surface area contributed by atoms with E-state index < -0.39 is 0 Å². The molecule has 0 saturated heterocycles. The van der Waals surface area contributed by atoms with Crippen LogP contribution >= 0.6 is 11.6 Å². The molecule has 0 radical (unpaired) electrons. The highest BCUT2D eigenvalue weighted by Gasteiger charge is 2.15. The van der Waals surface area contributed by atoms with E-state index in [0.717, 1.165) is 16.8 Å². The van der Waals surface area contributed by atoms with Crippen LogP contribution in [0.25, 0.3) is 5.69 Å². The molecule has 25 heavy (non-hydrogen) atoms. The molecule has 0 unspecified atom stereocenters. The molecule has 130 valence electrons. The summed E-state index contributed by atoms with van der Waals surface area (Å²) in [6, 6.07) is 11.3. The van der Waals surface area contributed by atoms with Crippen LogP contribution < -0.4 is 5.32 Å². The Balaban J connectivity index is 1.77. The number of halogens is 2. The van der Waals surface area contributed by atoms with Crippen LogP contribution in [0.5, 0.6) is 5.75 Å². The lowest BCUT2D eigenvalue weighted by atomic mass is 10.1. The van der Waals surface area contributed by atoms with Crippen molar-refractivity contribution in [3.63, 3.8) is 0 Å². The van der Waals surface area contributed by atoms with Crippen molar-refractivity contribution in [1.29, 1.82) is 0 Å². The molecule has 0 aliphatic carbocycles. The maximum absolute atomic E-state index is 13.4. The lowest BCUT2D eigenvalue weighted by Crippen LogP contribution is -2.18. The van der Waals surface area contributed by atoms with Gasteiger partial charge in [-0.25, -0.2) is 9.07 Å². The average molecular weight is 360 g/mol. The van der Waals surface area contributed by atoms with Gasteiger partial charge >= 0.3 is 0 Å². The van der Waals surface area contributed by atoms with Crippen molar-refractivity contribution in [2.24, 2.45) is 0 Å². The predicted molar refractivity (Wildman–Crippen MR) is 96.6 cm³/mol. The van der Waals surface area contributed by atoms with Gasteiger partial charge in [-0.1, -0.05) is 17.7 Å². The van der Waals surface area contributed by atoms with Gasteiger partial charge in [-0.05, 0) is 50.2 Å². The highest BCUT2D eigenvalue weighted by molar-refractivity contribution is 6.30. The summed E-state index contributed by atoms with van der Waals surface area (Å²) in [7, 11) is 0. The molecule has 0 saturated carbocycles. The molecular formula is C19H19ClFN3O. The number of hydrogen-bond acceptors (Lipinski definition) is 3. The number of benzene rings is 2. The molecule has 2 N–H and O–H groups in total. The molecule has 0 spiro atoms. The molecule has 0 aliphatic rings. The Morgan fingerprint density at radius 3 is 2.84 bits per heavy atom. The first-order valence-electron chi connectivity index (χ1n) is 7.97. The second-order valence-corrected chi connectivity index (χ2v) is 6.39. The zero-order chi connectivity index (χ0) is 18.0. The number of aromatic nitrogens is 2. The molecule has 1 atom stereocenters. The van der Waals surface area contributed by atoms with Gasteiger partial charge in [-0.15, -0.1) is 0 Å². The van der Waals surface area contributed by atoms with E-state index in [4.69, 9.17) is 11.6 Å². The lowest BCUT2D eigenvalue weighted by molar-refractivity contribution is 0.460. The smallest absolute Gasteiger partial charge is 0.125 e. The van der Waals surface area contributed by atoms with Crippen molar-refractivity contribution in [2.75, 3.05) is 0 Å². The molecule has 1 aromatic heterocycles. The maximum atomic E-state index is 13.4. The Kier molecular flexibility index (Phi) is 5.06. The highest BCUT2D eigenvalue weighted by atomic mass is 35.5. The molecule has 0 aliphatic heterocycles. The minimum atomic E-state index is -0.295. The number of hydrogen-bond donors (Lipinski definition) is 2. The summed E-state index contributed by atoms with van der Waals surface area (Å²) in [4.78, 5) is 0. The number of nitrogens with one attached hydrogen (secondary N) is 1. The Bertz CT molecular complexity index is 894. The quantitative estimate of drug-likeness (QED) is 0.703. The van der Waals surface area contributed by atoms with Gasteiger partial charge in [0.05, 0.1) is 11.9 Å². The number of nitrogens with zero attached hydrogens (tertiary/aromatic N) is 2. The molecule has 2 aromatic carbocycles. The van der Waals surface area contributed by atoms with Crippen molar-refractivity contribution < 1.29 is 9.50 Å². The second kappa shape index (κ2) is 7.25. The van der Waals surface area contributed by atoms with Crippen LogP contribution in [0.3, 0.4) is 0 Å². The zero-order valence-corrected chi connectivity index (χ0v) is 14.8. The van der Waals surface area contributed by atoms with E-state index in [1.807, 2.05) is 19.9 Å². The number of phenols is 1. The second-order valence-electron chi connectivity index (χ2n) is 5.95. The Morgan fingerprint density at radius 2 is 2.08 bits per heavy atom. The fraction of sp³-hybridized carbons (Fsp3) is 0.211. The number of phenolic OH excluding ortho intramolecular Hbond substituents is 1. The van der Waals surface area contributed by atoms with Crippen molar-refractivity contribution in [1.82, 2.24) is 15.1 Å². The third-order valence-electron chi connectivity index (χ3n) is 4.21. The summed E-state index contributed by atoms with van der Waals surface area (Å²) in [6.07, 6.45) is 1.77. The maximum Gasteiger partial charge on any atom is 0.125 e. The van der Waals surface area contributed by atoms with Crippen LogP contribution in [0.4, 0.5) is 4.39 Å². The number of aromatic hydroxyl groups is 1. The first kappa shape index (κ1) is 17.5. The van der Waals surface area contributed by atoms with Gasteiger partial charge in [0.15, 0.2) is 0 Å². The van der Waals surface area contributed by atoms with E-state index in [0.29, 0.717) is 17.3 Å². The highest BCUT2D eigenvalue weighted by Crippen LogP contribution is 2.24. The van der Waals surface area contributed by atoms with Gasteiger partial charge in [0.25, 0.3) is 0 Å². The summed E-state index contributed by atoms with van der Waals surface area (Å²) in [6.45, 7) is 4.43. The Labute approximate surface area is 150 Å². The standard InChI is InChI=1S/C19H19ClFN3O/c1-12(22-10-14-8-15(20)6-7-19(14)25)18-11-23-24(13(18)2)17-5-3-4-16(21)9-17/h3-9,11-12,22,25H,10H2,1-2H3/t12-/m0/s1. The van der Waals surface area contributed by atoms with Crippen LogP contribution in [0.15, 0.2) is 48.7 Å². The van der Waals surface area contributed by atoms with E-state index in [-0.39, 0.29) is 17.6 Å². The zero-order valence-electron chi connectivity index (χ0n) is 14.0. The summed E-state index contributed by atoms with van der Waals surface area (Å²) in [5.74, 6) is -0.0900. The van der Waals surface area contributed by atoms with Crippen LogP contribution in [-0.2, 0) is 6.54 Å². The Hall–Kier alpha value is -2.37. The minimum Gasteiger partial charge on any atom is -0.508 e. The van der Waals surface area contributed by atoms with E-state index in [1.165, 1.54) is 12.1 Å².